The summed E-state index contributed by atoms with van der Waals surface area (Å²) in [7, 11) is 0. The van der Waals surface area contributed by atoms with Crippen molar-refractivity contribution in [3.05, 3.63) is 40.1 Å². The molecule has 104 valence electrons. The van der Waals surface area contributed by atoms with Crippen molar-refractivity contribution in [3.8, 4) is 11.6 Å². The highest BCUT2D eigenvalue weighted by Crippen LogP contribution is 2.39. The smallest absolute Gasteiger partial charge is 0.224 e. The van der Waals surface area contributed by atoms with Crippen LogP contribution in [0.2, 0.25) is 10.0 Å². The summed E-state index contributed by atoms with van der Waals surface area (Å²) in [6.07, 6.45) is 2.18. The van der Waals surface area contributed by atoms with Crippen LogP contribution in [0.5, 0.6) is 11.6 Å². The number of halogens is 2. The zero-order valence-corrected chi connectivity index (χ0v) is 11.9. The van der Waals surface area contributed by atoms with Crippen LogP contribution in [0.4, 0.5) is 5.82 Å². The fraction of sp³-hybridized carbons (Fsp3) is 0.231. The molecule has 3 N–H and O–H groups in total. The van der Waals surface area contributed by atoms with Crippen molar-refractivity contribution in [1.82, 2.24) is 9.97 Å². The number of rotatable bonds is 4. The van der Waals surface area contributed by atoms with E-state index in [0.29, 0.717) is 33.4 Å². The largest absolute Gasteiger partial charge is 0.437 e. The molecular formula is C13H12Cl2N4O. The van der Waals surface area contributed by atoms with Gasteiger partial charge in [0.25, 0.3) is 0 Å². The van der Waals surface area contributed by atoms with Gasteiger partial charge in [-0.05, 0) is 25.0 Å². The molecule has 1 aromatic carbocycles. The highest BCUT2D eigenvalue weighted by Gasteiger charge is 2.27. The van der Waals surface area contributed by atoms with Gasteiger partial charge in [0, 0.05) is 23.1 Å². The summed E-state index contributed by atoms with van der Waals surface area (Å²) >= 11 is 12.0. The minimum atomic E-state index is 0.388. The summed E-state index contributed by atoms with van der Waals surface area (Å²) in [5.41, 5.74) is 2.51. The summed E-state index contributed by atoms with van der Waals surface area (Å²) in [6.45, 7) is 0. The van der Waals surface area contributed by atoms with E-state index in [4.69, 9.17) is 33.8 Å². The maximum atomic E-state index is 6.07. The molecule has 0 spiro atoms. The molecule has 1 aromatic heterocycles. The standard InChI is InChI=1S/C13H12Cl2N4O/c14-8-3-4-9(15)10(5-8)20-12-6-11(19-16)17-13(18-12)7-1-2-7/h3-7H,1-2,16H2,(H,17,18,19). The van der Waals surface area contributed by atoms with E-state index >= 15 is 0 Å². The molecular weight excluding hydrogens is 299 g/mol. The number of ether oxygens (including phenoxy) is 1. The summed E-state index contributed by atoms with van der Waals surface area (Å²) in [4.78, 5) is 8.69. The number of nitrogens with one attached hydrogen (secondary N) is 1. The van der Waals surface area contributed by atoms with Gasteiger partial charge in [0.15, 0.2) is 0 Å². The number of anilines is 1. The summed E-state index contributed by atoms with van der Waals surface area (Å²) in [5.74, 6) is 7.88. The van der Waals surface area contributed by atoms with Crippen LogP contribution in [0.1, 0.15) is 24.6 Å². The van der Waals surface area contributed by atoms with Gasteiger partial charge in [-0.2, -0.15) is 4.98 Å². The molecule has 0 unspecified atom stereocenters. The van der Waals surface area contributed by atoms with E-state index < -0.39 is 0 Å². The lowest BCUT2D eigenvalue weighted by Gasteiger charge is -2.10. The highest BCUT2D eigenvalue weighted by atomic mass is 35.5. The average Bonchev–Trinajstić information content (AvgIpc) is 3.27. The molecule has 0 aliphatic heterocycles. The van der Waals surface area contributed by atoms with Crippen molar-refractivity contribution in [2.75, 3.05) is 5.43 Å². The molecule has 5 nitrogen and oxygen atoms in total. The van der Waals surface area contributed by atoms with Crippen LogP contribution >= 0.6 is 23.2 Å². The molecule has 1 fully saturated rings. The second-order valence-corrected chi connectivity index (χ2v) is 5.39. The molecule has 0 bridgehead atoms. The van der Waals surface area contributed by atoms with Crippen molar-refractivity contribution in [3.63, 3.8) is 0 Å². The summed E-state index contributed by atoms with van der Waals surface area (Å²) in [5, 5.41) is 1.00. The van der Waals surface area contributed by atoms with Crippen LogP contribution in [0.15, 0.2) is 24.3 Å². The molecule has 0 radical (unpaired) electrons. The SMILES string of the molecule is NNc1cc(Oc2cc(Cl)ccc2Cl)nc(C2CC2)n1. The quantitative estimate of drug-likeness (QED) is 0.665. The van der Waals surface area contributed by atoms with Gasteiger partial charge in [-0.1, -0.05) is 23.2 Å². The van der Waals surface area contributed by atoms with E-state index in [9.17, 15) is 0 Å². The van der Waals surface area contributed by atoms with Gasteiger partial charge in [-0.3, -0.25) is 0 Å². The van der Waals surface area contributed by atoms with Gasteiger partial charge in [0.1, 0.15) is 17.4 Å². The van der Waals surface area contributed by atoms with Crippen molar-refractivity contribution < 1.29 is 4.74 Å². The first-order chi connectivity index (χ1) is 9.65. The minimum absolute atomic E-state index is 0.388. The van der Waals surface area contributed by atoms with E-state index in [2.05, 4.69) is 15.4 Å². The van der Waals surface area contributed by atoms with Crippen LogP contribution in [-0.4, -0.2) is 9.97 Å². The number of aromatic nitrogens is 2. The fourth-order valence-corrected chi connectivity index (χ4v) is 2.08. The zero-order chi connectivity index (χ0) is 14.1. The molecule has 3 rings (SSSR count). The second-order valence-electron chi connectivity index (χ2n) is 4.55. The normalized spacial score (nSPS) is 14.2. The third-order valence-electron chi connectivity index (χ3n) is 2.92. The van der Waals surface area contributed by atoms with E-state index in [1.54, 1.807) is 24.3 Å². The molecule has 1 heterocycles. The van der Waals surface area contributed by atoms with E-state index in [1.807, 2.05) is 0 Å². The Kier molecular flexibility index (Phi) is 3.65. The molecule has 1 aliphatic carbocycles. The average molecular weight is 311 g/mol. The molecule has 0 saturated heterocycles. The zero-order valence-electron chi connectivity index (χ0n) is 10.4. The molecule has 20 heavy (non-hydrogen) atoms. The summed E-state index contributed by atoms with van der Waals surface area (Å²) < 4.78 is 5.69. The number of nitrogens with zero attached hydrogens (tertiary/aromatic N) is 2. The monoisotopic (exact) mass is 310 g/mol. The number of hydrazine groups is 1. The van der Waals surface area contributed by atoms with Gasteiger partial charge in [-0.25, -0.2) is 10.8 Å². The van der Waals surface area contributed by atoms with Crippen LogP contribution in [0.3, 0.4) is 0 Å². The second kappa shape index (κ2) is 5.44. The molecule has 7 heteroatoms. The van der Waals surface area contributed by atoms with E-state index in [-0.39, 0.29) is 0 Å². The number of hydrogen-bond acceptors (Lipinski definition) is 5. The topological polar surface area (TPSA) is 73.1 Å². The van der Waals surface area contributed by atoms with Crippen LogP contribution in [-0.2, 0) is 0 Å². The molecule has 1 saturated carbocycles. The Bertz CT molecular complexity index is 646. The Morgan fingerprint density at radius 1 is 1.20 bits per heavy atom. The van der Waals surface area contributed by atoms with Crippen molar-refractivity contribution >= 4 is 29.0 Å². The lowest BCUT2D eigenvalue weighted by atomic mass is 10.3. The number of nitrogen functional groups attached to an aromatic ring is 1. The van der Waals surface area contributed by atoms with Crippen molar-refractivity contribution in [2.24, 2.45) is 5.84 Å². The lowest BCUT2D eigenvalue weighted by Crippen LogP contribution is -2.10. The van der Waals surface area contributed by atoms with Gasteiger partial charge in [-0.15, -0.1) is 0 Å². The van der Waals surface area contributed by atoms with Gasteiger partial charge >= 0.3 is 0 Å². The first-order valence-electron chi connectivity index (χ1n) is 6.14. The lowest BCUT2D eigenvalue weighted by molar-refractivity contribution is 0.459. The van der Waals surface area contributed by atoms with Gasteiger partial charge < -0.3 is 10.2 Å². The number of benzene rings is 1. The predicted molar refractivity (Wildman–Crippen MR) is 78.4 cm³/mol. The Balaban J connectivity index is 1.93. The van der Waals surface area contributed by atoms with Gasteiger partial charge in [0.2, 0.25) is 5.88 Å². The Morgan fingerprint density at radius 3 is 2.70 bits per heavy atom. The van der Waals surface area contributed by atoms with Crippen molar-refractivity contribution in [2.45, 2.75) is 18.8 Å². The molecule has 2 aromatic rings. The number of nitrogens with two attached hydrogens (primary N) is 1. The Morgan fingerprint density at radius 2 is 2.00 bits per heavy atom. The first kappa shape index (κ1) is 13.4. The summed E-state index contributed by atoms with van der Waals surface area (Å²) in [6, 6.07) is 6.62. The Labute approximate surface area is 126 Å². The molecule has 0 amide bonds. The minimum Gasteiger partial charge on any atom is -0.437 e. The van der Waals surface area contributed by atoms with E-state index in [1.165, 1.54) is 0 Å². The van der Waals surface area contributed by atoms with Crippen LogP contribution in [0.25, 0.3) is 0 Å². The van der Waals surface area contributed by atoms with Gasteiger partial charge in [0.05, 0.1) is 5.02 Å². The predicted octanol–water partition coefficient (Wildman–Crippen LogP) is 3.74. The highest BCUT2D eigenvalue weighted by molar-refractivity contribution is 6.34. The van der Waals surface area contributed by atoms with E-state index in [0.717, 1.165) is 18.7 Å². The third-order valence-corrected chi connectivity index (χ3v) is 3.47. The van der Waals surface area contributed by atoms with Crippen LogP contribution in [0, 0.1) is 0 Å². The Hall–Kier alpha value is -1.56. The first-order valence-corrected chi connectivity index (χ1v) is 6.90. The molecule has 1 aliphatic rings. The third kappa shape index (κ3) is 2.95. The van der Waals surface area contributed by atoms with Crippen LogP contribution < -0.4 is 16.0 Å². The maximum absolute atomic E-state index is 6.07. The number of hydrogen-bond donors (Lipinski definition) is 2. The van der Waals surface area contributed by atoms with Crippen molar-refractivity contribution in [1.29, 1.82) is 0 Å². The fourth-order valence-electron chi connectivity index (χ4n) is 1.76. The molecule has 0 atom stereocenters. The maximum Gasteiger partial charge on any atom is 0.224 e.